The van der Waals surface area contributed by atoms with Gasteiger partial charge in [-0.15, -0.1) is 0 Å². The lowest BCUT2D eigenvalue weighted by molar-refractivity contribution is -0.152. The quantitative estimate of drug-likeness (QED) is 0.786. The van der Waals surface area contributed by atoms with Crippen LogP contribution in [0.5, 0.6) is 0 Å². The minimum Gasteiger partial charge on any atom is -0.480 e. The summed E-state index contributed by atoms with van der Waals surface area (Å²) < 4.78 is 11.0. The smallest absolute Gasteiger partial charge is 0.329 e. The Bertz CT molecular complexity index is 616. The minimum atomic E-state index is -1.21. The molecule has 2 saturated heterocycles. The van der Waals surface area contributed by atoms with Crippen molar-refractivity contribution >= 4 is 11.9 Å². The van der Waals surface area contributed by atoms with Crippen LogP contribution >= 0.6 is 0 Å². The van der Waals surface area contributed by atoms with E-state index in [9.17, 15) is 14.7 Å². The highest BCUT2D eigenvalue weighted by molar-refractivity contribution is 5.87. The maximum atomic E-state index is 12.4. The van der Waals surface area contributed by atoms with Crippen molar-refractivity contribution in [2.24, 2.45) is 0 Å². The molecule has 0 aliphatic carbocycles. The zero-order valence-electron chi connectivity index (χ0n) is 14.9. The molecule has 142 valence electrons. The SMILES string of the molecule is O=C(C[C@@H]1CN(Cc2ccccc2)CCO1)NC1(C(=O)O)CCOCC1. The van der Waals surface area contributed by atoms with E-state index < -0.39 is 11.5 Å². The minimum absolute atomic E-state index is 0.168. The van der Waals surface area contributed by atoms with Crippen LogP contribution < -0.4 is 5.32 Å². The molecule has 0 saturated carbocycles. The van der Waals surface area contributed by atoms with Gasteiger partial charge in [0.25, 0.3) is 0 Å². The second-order valence-corrected chi connectivity index (χ2v) is 6.97. The summed E-state index contributed by atoms with van der Waals surface area (Å²) in [7, 11) is 0. The van der Waals surface area contributed by atoms with E-state index in [0.29, 0.717) is 39.2 Å². The highest BCUT2D eigenvalue weighted by Crippen LogP contribution is 2.22. The standard InChI is InChI=1S/C19H26N2O5/c22-17(20-19(18(23)24)6-9-25-10-7-19)12-16-14-21(8-11-26-16)13-15-4-2-1-3-5-15/h1-5,16H,6-14H2,(H,20,22)(H,23,24)/t16-/m1/s1. The summed E-state index contributed by atoms with van der Waals surface area (Å²) in [5.74, 6) is -1.27. The van der Waals surface area contributed by atoms with Gasteiger partial charge in [-0.2, -0.15) is 0 Å². The summed E-state index contributed by atoms with van der Waals surface area (Å²) in [5, 5.41) is 12.3. The van der Waals surface area contributed by atoms with Gasteiger partial charge in [0.1, 0.15) is 5.54 Å². The summed E-state index contributed by atoms with van der Waals surface area (Å²) in [6.45, 7) is 3.56. The lowest BCUT2D eigenvalue weighted by atomic mass is 9.90. The Hall–Kier alpha value is -1.96. The van der Waals surface area contributed by atoms with Crippen molar-refractivity contribution in [3.63, 3.8) is 0 Å². The number of rotatable bonds is 6. The molecule has 0 radical (unpaired) electrons. The molecule has 2 heterocycles. The molecule has 2 fully saturated rings. The molecule has 2 aliphatic rings. The summed E-state index contributed by atoms with van der Waals surface area (Å²) >= 11 is 0. The number of aliphatic carboxylic acids is 1. The Labute approximate surface area is 153 Å². The van der Waals surface area contributed by atoms with E-state index in [1.165, 1.54) is 5.56 Å². The molecular formula is C19H26N2O5. The first-order valence-electron chi connectivity index (χ1n) is 9.07. The number of nitrogens with zero attached hydrogens (tertiary/aromatic N) is 1. The van der Waals surface area contributed by atoms with Gasteiger partial charge in [-0.25, -0.2) is 4.79 Å². The van der Waals surface area contributed by atoms with Crippen molar-refractivity contribution in [3.05, 3.63) is 35.9 Å². The van der Waals surface area contributed by atoms with Gasteiger partial charge in [0.2, 0.25) is 5.91 Å². The average molecular weight is 362 g/mol. The fourth-order valence-electron chi connectivity index (χ4n) is 3.53. The van der Waals surface area contributed by atoms with Crippen LogP contribution in [0.15, 0.2) is 30.3 Å². The normalized spacial score (nSPS) is 23.3. The van der Waals surface area contributed by atoms with Crippen LogP contribution in [-0.4, -0.2) is 66.4 Å². The van der Waals surface area contributed by atoms with E-state index in [-0.39, 0.29) is 18.4 Å². The number of ether oxygens (including phenoxy) is 2. The average Bonchev–Trinajstić information content (AvgIpc) is 2.63. The fraction of sp³-hybridized carbons (Fsp3) is 0.579. The molecular weight excluding hydrogens is 336 g/mol. The van der Waals surface area contributed by atoms with Crippen molar-refractivity contribution < 1.29 is 24.2 Å². The number of hydrogen-bond acceptors (Lipinski definition) is 5. The van der Waals surface area contributed by atoms with E-state index >= 15 is 0 Å². The highest BCUT2D eigenvalue weighted by atomic mass is 16.5. The summed E-state index contributed by atoms with van der Waals surface area (Å²) in [6, 6.07) is 10.2. The third kappa shape index (κ3) is 4.81. The summed E-state index contributed by atoms with van der Waals surface area (Å²) in [4.78, 5) is 26.4. The maximum Gasteiger partial charge on any atom is 0.329 e. The number of carboxylic acids is 1. The van der Waals surface area contributed by atoms with Gasteiger partial charge in [0, 0.05) is 45.7 Å². The van der Waals surface area contributed by atoms with E-state index in [0.717, 1.165) is 13.1 Å². The molecule has 0 spiro atoms. The van der Waals surface area contributed by atoms with Crippen molar-refractivity contribution in [3.8, 4) is 0 Å². The topological polar surface area (TPSA) is 88.1 Å². The van der Waals surface area contributed by atoms with Gasteiger partial charge in [0.05, 0.1) is 19.1 Å². The molecule has 1 aromatic rings. The second-order valence-electron chi connectivity index (χ2n) is 6.97. The number of hydrogen-bond donors (Lipinski definition) is 2. The molecule has 2 N–H and O–H groups in total. The first kappa shape index (κ1) is 18.8. The van der Waals surface area contributed by atoms with E-state index in [1.54, 1.807) is 0 Å². The van der Waals surface area contributed by atoms with Gasteiger partial charge < -0.3 is 19.9 Å². The summed E-state index contributed by atoms with van der Waals surface area (Å²) in [5.41, 5.74) is 0.0120. The van der Waals surface area contributed by atoms with Crippen LogP contribution in [0.4, 0.5) is 0 Å². The molecule has 7 nitrogen and oxygen atoms in total. The van der Waals surface area contributed by atoms with Crippen LogP contribution in [0.25, 0.3) is 0 Å². The second kappa shape index (κ2) is 8.62. The van der Waals surface area contributed by atoms with E-state index in [4.69, 9.17) is 9.47 Å². The van der Waals surface area contributed by atoms with Crippen molar-refractivity contribution in [1.29, 1.82) is 0 Å². The number of benzene rings is 1. The summed E-state index contributed by atoms with van der Waals surface area (Å²) in [6.07, 6.45) is 0.527. The largest absolute Gasteiger partial charge is 0.480 e. The highest BCUT2D eigenvalue weighted by Gasteiger charge is 2.42. The molecule has 1 atom stereocenters. The zero-order valence-corrected chi connectivity index (χ0v) is 14.9. The van der Waals surface area contributed by atoms with Gasteiger partial charge in [-0.05, 0) is 5.56 Å². The van der Waals surface area contributed by atoms with Gasteiger partial charge in [0.15, 0.2) is 0 Å². The van der Waals surface area contributed by atoms with Crippen molar-refractivity contribution in [2.75, 3.05) is 32.9 Å². The molecule has 3 rings (SSSR count). The third-order valence-electron chi connectivity index (χ3n) is 5.02. The van der Waals surface area contributed by atoms with E-state index in [2.05, 4.69) is 22.3 Å². The Morgan fingerprint density at radius 1 is 1.19 bits per heavy atom. The van der Waals surface area contributed by atoms with Crippen molar-refractivity contribution in [2.45, 2.75) is 37.5 Å². The predicted molar refractivity (Wildman–Crippen MR) is 94.6 cm³/mol. The molecule has 0 bridgehead atoms. The van der Waals surface area contributed by atoms with Gasteiger partial charge in [-0.1, -0.05) is 30.3 Å². The Morgan fingerprint density at radius 2 is 1.92 bits per heavy atom. The molecule has 0 aromatic heterocycles. The van der Waals surface area contributed by atoms with Gasteiger partial charge >= 0.3 is 5.97 Å². The zero-order chi connectivity index (χ0) is 18.4. The molecule has 1 aromatic carbocycles. The molecule has 0 unspecified atom stereocenters. The molecule has 2 aliphatic heterocycles. The molecule has 1 amide bonds. The Morgan fingerprint density at radius 3 is 2.62 bits per heavy atom. The third-order valence-corrected chi connectivity index (χ3v) is 5.02. The maximum absolute atomic E-state index is 12.4. The van der Waals surface area contributed by atoms with Crippen LogP contribution in [0.3, 0.4) is 0 Å². The first-order chi connectivity index (χ1) is 12.6. The number of carboxylic acid groups (broad SMARTS) is 1. The van der Waals surface area contributed by atoms with E-state index in [1.807, 2.05) is 18.2 Å². The molecule has 26 heavy (non-hydrogen) atoms. The van der Waals surface area contributed by atoms with Crippen LogP contribution in [0.1, 0.15) is 24.8 Å². The lowest BCUT2D eigenvalue weighted by Gasteiger charge is -2.36. The molecule has 7 heteroatoms. The first-order valence-corrected chi connectivity index (χ1v) is 9.07. The van der Waals surface area contributed by atoms with Crippen LogP contribution in [0.2, 0.25) is 0 Å². The van der Waals surface area contributed by atoms with Crippen LogP contribution in [0, 0.1) is 0 Å². The predicted octanol–water partition coefficient (Wildman–Crippen LogP) is 1.03. The number of carbonyl (C=O) groups excluding carboxylic acids is 1. The van der Waals surface area contributed by atoms with Gasteiger partial charge in [-0.3, -0.25) is 9.69 Å². The Kier molecular flexibility index (Phi) is 6.24. The monoisotopic (exact) mass is 362 g/mol. The number of amides is 1. The van der Waals surface area contributed by atoms with Crippen molar-refractivity contribution in [1.82, 2.24) is 10.2 Å². The number of carbonyl (C=O) groups is 2. The Balaban J connectivity index is 1.52. The fourth-order valence-corrected chi connectivity index (χ4v) is 3.53. The lowest BCUT2D eigenvalue weighted by Crippen LogP contribution is -2.58. The number of nitrogens with one attached hydrogen (secondary N) is 1. The van der Waals surface area contributed by atoms with Crippen LogP contribution in [-0.2, 0) is 25.6 Å². The number of morpholine rings is 1.